The Labute approximate surface area is 174 Å². The molecule has 0 atom stereocenters. The van der Waals surface area contributed by atoms with Gasteiger partial charge < -0.3 is 8.83 Å². The van der Waals surface area contributed by atoms with E-state index in [4.69, 9.17) is 32.0 Å². The molecule has 1 aliphatic heterocycles. The van der Waals surface area contributed by atoms with Crippen molar-refractivity contribution in [3.8, 4) is 11.3 Å². The van der Waals surface area contributed by atoms with Crippen molar-refractivity contribution < 1.29 is 23.2 Å². The molecule has 0 spiro atoms. The molecule has 2 aromatic heterocycles. The molecule has 146 valence electrons. The molecule has 29 heavy (non-hydrogen) atoms. The quantitative estimate of drug-likeness (QED) is 0.485. The molecule has 0 radical (unpaired) electrons. The third kappa shape index (κ3) is 3.70. The predicted octanol–water partition coefficient (Wildman–Crippen LogP) is 4.51. The molecule has 0 bridgehead atoms. The van der Waals surface area contributed by atoms with Crippen molar-refractivity contribution in [2.24, 2.45) is 0 Å². The number of nitrogens with one attached hydrogen (secondary N) is 1. The van der Waals surface area contributed by atoms with E-state index in [1.807, 2.05) is 0 Å². The number of hydrogen-bond acceptors (Lipinski definition) is 5. The van der Waals surface area contributed by atoms with Gasteiger partial charge in [0, 0.05) is 5.56 Å². The molecule has 0 aliphatic carbocycles. The second-order valence-corrected chi connectivity index (χ2v) is 6.88. The van der Waals surface area contributed by atoms with Crippen molar-refractivity contribution >= 4 is 47.1 Å². The highest BCUT2D eigenvalue weighted by Gasteiger charge is 2.36. The minimum atomic E-state index is -0.820. The molecular formula is C20H12Cl2N2O5. The van der Waals surface area contributed by atoms with Crippen LogP contribution in [-0.4, -0.2) is 22.7 Å². The topological polar surface area (TPSA) is 92.8 Å². The van der Waals surface area contributed by atoms with Crippen molar-refractivity contribution in [3.05, 3.63) is 75.9 Å². The van der Waals surface area contributed by atoms with Crippen LogP contribution in [-0.2, 0) is 16.1 Å². The zero-order chi connectivity index (χ0) is 20.5. The Hall–Kier alpha value is -3.29. The maximum atomic E-state index is 12.7. The smallest absolute Gasteiger partial charge is 0.331 e. The van der Waals surface area contributed by atoms with Crippen LogP contribution >= 0.6 is 23.2 Å². The van der Waals surface area contributed by atoms with E-state index in [9.17, 15) is 14.4 Å². The molecule has 0 unspecified atom stereocenters. The molecule has 1 N–H and O–H groups in total. The second kappa shape index (κ2) is 7.62. The Morgan fingerprint density at radius 1 is 1.03 bits per heavy atom. The number of carbonyl (C=O) groups excluding carboxylic acids is 3. The van der Waals surface area contributed by atoms with E-state index in [0.29, 0.717) is 27.1 Å². The van der Waals surface area contributed by atoms with Crippen LogP contribution in [0.15, 0.2) is 63.1 Å². The van der Waals surface area contributed by atoms with E-state index in [1.165, 1.54) is 12.3 Å². The Balaban J connectivity index is 1.64. The Morgan fingerprint density at radius 2 is 1.86 bits per heavy atom. The Kier molecular flexibility index (Phi) is 5.00. The van der Waals surface area contributed by atoms with E-state index in [2.05, 4.69) is 5.32 Å². The average Bonchev–Trinajstić information content (AvgIpc) is 3.36. The van der Waals surface area contributed by atoms with Gasteiger partial charge in [-0.3, -0.25) is 19.8 Å². The summed E-state index contributed by atoms with van der Waals surface area (Å²) in [6.45, 7) is -0.107. The van der Waals surface area contributed by atoms with Gasteiger partial charge in [-0.25, -0.2) is 4.79 Å². The molecule has 3 aromatic rings. The third-order valence-electron chi connectivity index (χ3n) is 4.21. The number of halogens is 2. The number of furan rings is 2. The molecule has 1 aromatic carbocycles. The van der Waals surface area contributed by atoms with Crippen molar-refractivity contribution in [1.82, 2.24) is 10.2 Å². The normalized spacial score (nSPS) is 15.9. The third-order valence-corrected chi connectivity index (χ3v) is 5.03. The van der Waals surface area contributed by atoms with Crippen molar-refractivity contribution in [2.75, 3.05) is 0 Å². The number of imide groups is 2. The van der Waals surface area contributed by atoms with Gasteiger partial charge in [-0.15, -0.1) is 0 Å². The van der Waals surface area contributed by atoms with E-state index >= 15 is 0 Å². The summed E-state index contributed by atoms with van der Waals surface area (Å²) in [5.41, 5.74) is 0.326. The summed E-state index contributed by atoms with van der Waals surface area (Å²) in [5.74, 6) is -0.514. The molecule has 9 heteroatoms. The minimum absolute atomic E-state index is 0.107. The largest absolute Gasteiger partial charge is 0.467 e. The van der Waals surface area contributed by atoms with Gasteiger partial charge in [0.05, 0.1) is 22.9 Å². The first-order valence-corrected chi connectivity index (χ1v) is 9.15. The van der Waals surface area contributed by atoms with E-state index in [0.717, 1.165) is 4.90 Å². The van der Waals surface area contributed by atoms with Gasteiger partial charge >= 0.3 is 6.03 Å². The van der Waals surface area contributed by atoms with Crippen LogP contribution in [0.3, 0.4) is 0 Å². The zero-order valence-electron chi connectivity index (χ0n) is 14.6. The van der Waals surface area contributed by atoms with Crippen LogP contribution in [0.5, 0.6) is 0 Å². The average molecular weight is 431 g/mol. The van der Waals surface area contributed by atoms with Gasteiger partial charge in [0.1, 0.15) is 22.9 Å². The lowest BCUT2D eigenvalue weighted by molar-refractivity contribution is -0.130. The summed E-state index contributed by atoms with van der Waals surface area (Å²) in [7, 11) is 0. The fraction of sp³-hybridized carbons (Fsp3) is 0.0500. The van der Waals surface area contributed by atoms with Crippen LogP contribution in [0, 0.1) is 0 Å². The fourth-order valence-corrected chi connectivity index (χ4v) is 3.20. The SMILES string of the molecule is O=C1NC(=O)N(Cc2ccco2)C(=O)/C1=C/c1ccc(-c2cccc(Cl)c2Cl)o1. The van der Waals surface area contributed by atoms with Crippen LogP contribution in [0.25, 0.3) is 17.4 Å². The van der Waals surface area contributed by atoms with E-state index in [1.54, 1.807) is 42.5 Å². The number of nitrogens with zero attached hydrogens (tertiary/aromatic N) is 1. The van der Waals surface area contributed by atoms with Gasteiger partial charge in [-0.2, -0.15) is 0 Å². The molecule has 1 aliphatic rings. The van der Waals surface area contributed by atoms with Crippen LogP contribution < -0.4 is 5.32 Å². The Bertz CT molecular complexity index is 1150. The molecule has 4 amide bonds. The number of hydrogen-bond donors (Lipinski definition) is 1. The molecule has 7 nitrogen and oxygen atoms in total. The number of urea groups is 1. The van der Waals surface area contributed by atoms with Crippen molar-refractivity contribution in [3.63, 3.8) is 0 Å². The Morgan fingerprint density at radius 3 is 2.62 bits per heavy atom. The van der Waals surface area contributed by atoms with Gasteiger partial charge in [0.2, 0.25) is 0 Å². The van der Waals surface area contributed by atoms with Crippen LogP contribution in [0.4, 0.5) is 4.79 Å². The number of carbonyl (C=O) groups is 3. The molecule has 3 heterocycles. The summed E-state index contributed by atoms with van der Waals surface area (Å²) < 4.78 is 10.9. The summed E-state index contributed by atoms with van der Waals surface area (Å²) in [6.07, 6.45) is 2.69. The second-order valence-electron chi connectivity index (χ2n) is 6.09. The van der Waals surface area contributed by atoms with Crippen LogP contribution in [0.1, 0.15) is 11.5 Å². The summed E-state index contributed by atoms with van der Waals surface area (Å²) in [5, 5.41) is 2.83. The predicted molar refractivity (Wildman–Crippen MR) is 105 cm³/mol. The fourth-order valence-electron chi connectivity index (χ4n) is 2.81. The highest BCUT2D eigenvalue weighted by molar-refractivity contribution is 6.43. The monoisotopic (exact) mass is 430 g/mol. The van der Waals surface area contributed by atoms with Gasteiger partial charge in [-0.05, 0) is 42.5 Å². The lowest BCUT2D eigenvalue weighted by Gasteiger charge is -2.25. The highest BCUT2D eigenvalue weighted by atomic mass is 35.5. The molecule has 1 saturated heterocycles. The van der Waals surface area contributed by atoms with Gasteiger partial charge in [-0.1, -0.05) is 29.3 Å². The zero-order valence-corrected chi connectivity index (χ0v) is 16.2. The summed E-state index contributed by atoms with van der Waals surface area (Å²) in [6, 6.07) is 10.7. The molecule has 4 rings (SSSR count). The molecule has 0 saturated carbocycles. The lowest BCUT2D eigenvalue weighted by atomic mass is 10.1. The molecular weight excluding hydrogens is 419 g/mol. The maximum absolute atomic E-state index is 12.7. The summed E-state index contributed by atoms with van der Waals surface area (Å²) in [4.78, 5) is 37.8. The molecule has 1 fully saturated rings. The number of barbiturate groups is 1. The minimum Gasteiger partial charge on any atom is -0.467 e. The van der Waals surface area contributed by atoms with E-state index < -0.39 is 17.8 Å². The number of rotatable bonds is 4. The first-order chi connectivity index (χ1) is 13.9. The van der Waals surface area contributed by atoms with Crippen molar-refractivity contribution in [2.45, 2.75) is 6.54 Å². The summed E-state index contributed by atoms with van der Waals surface area (Å²) >= 11 is 12.2. The number of amides is 4. The van der Waals surface area contributed by atoms with Crippen LogP contribution in [0.2, 0.25) is 10.0 Å². The highest BCUT2D eigenvalue weighted by Crippen LogP contribution is 2.34. The first kappa shape index (κ1) is 19.0. The van der Waals surface area contributed by atoms with Gasteiger partial charge in [0.25, 0.3) is 11.8 Å². The lowest BCUT2D eigenvalue weighted by Crippen LogP contribution is -2.53. The maximum Gasteiger partial charge on any atom is 0.331 e. The number of benzene rings is 1. The first-order valence-electron chi connectivity index (χ1n) is 8.39. The van der Waals surface area contributed by atoms with Gasteiger partial charge in [0.15, 0.2) is 0 Å². The standard InChI is InChI=1S/C20H12Cl2N2O5/c21-15-5-1-4-13(17(15)22)16-7-6-11(29-16)9-14-18(25)23-20(27)24(19(14)26)10-12-3-2-8-28-12/h1-9H,10H2,(H,23,25,27)/b14-9+. The van der Waals surface area contributed by atoms with Crippen molar-refractivity contribution in [1.29, 1.82) is 0 Å². The van der Waals surface area contributed by atoms with E-state index in [-0.39, 0.29) is 17.9 Å².